The summed E-state index contributed by atoms with van der Waals surface area (Å²) in [7, 11) is 2.11. The van der Waals surface area contributed by atoms with Gasteiger partial charge < -0.3 is 4.90 Å². The van der Waals surface area contributed by atoms with Crippen LogP contribution in [0.3, 0.4) is 0 Å². The van der Waals surface area contributed by atoms with Crippen molar-refractivity contribution in [1.82, 2.24) is 4.90 Å². The Kier molecular flexibility index (Phi) is 5.08. The van der Waals surface area contributed by atoms with Gasteiger partial charge in [0.1, 0.15) is 11.7 Å². The third kappa shape index (κ3) is 3.19. The summed E-state index contributed by atoms with van der Waals surface area (Å²) in [5.74, 6) is 2.61. The number of nitrogens with zero attached hydrogens (tertiary/aromatic N) is 3. The monoisotopic (exact) mass is 385 g/mol. The summed E-state index contributed by atoms with van der Waals surface area (Å²) in [6.07, 6.45) is 6.96. The predicted octanol–water partition coefficient (Wildman–Crippen LogP) is 6.56. The van der Waals surface area contributed by atoms with Crippen molar-refractivity contribution in [3.05, 3.63) is 89.1 Å². The van der Waals surface area contributed by atoms with E-state index in [0.717, 1.165) is 40.6 Å². The zero-order chi connectivity index (χ0) is 20.7. The molecule has 29 heavy (non-hydrogen) atoms. The molecular weight excluding hydrogens is 354 g/mol. The maximum atomic E-state index is 5.22. The Bertz CT molecular complexity index is 984. The van der Waals surface area contributed by atoms with Crippen LogP contribution < -0.4 is 4.90 Å². The number of amidine groups is 1. The minimum atomic E-state index is 0.496. The van der Waals surface area contributed by atoms with Gasteiger partial charge in [0.2, 0.25) is 0 Å². The fraction of sp³-hybridized carbons (Fsp3) is 0.346. The van der Waals surface area contributed by atoms with Crippen molar-refractivity contribution in [3.63, 3.8) is 0 Å². The van der Waals surface area contributed by atoms with Gasteiger partial charge in [-0.2, -0.15) is 0 Å². The van der Waals surface area contributed by atoms with E-state index < -0.39 is 0 Å². The minimum Gasteiger partial charge on any atom is -0.332 e. The van der Waals surface area contributed by atoms with Crippen LogP contribution >= 0.6 is 0 Å². The highest BCUT2D eigenvalue weighted by atomic mass is 15.3. The third-order valence-electron chi connectivity index (χ3n) is 6.50. The van der Waals surface area contributed by atoms with Gasteiger partial charge in [0.25, 0.3) is 0 Å². The van der Waals surface area contributed by atoms with E-state index in [2.05, 4.69) is 87.2 Å². The molecule has 0 saturated heterocycles. The largest absolute Gasteiger partial charge is 0.332 e. The Morgan fingerprint density at radius 2 is 1.90 bits per heavy atom. The number of para-hydroxylation sites is 1. The Balaban J connectivity index is 1.85. The van der Waals surface area contributed by atoms with Crippen molar-refractivity contribution in [2.75, 3.05) is 11.9 Å². The molecule has 0 atom stereocenters. The molecule has 2 aliphatic heterocycles. The van der Waals surface area contributed by atoms with Crippen LogP contribution in [-0.4, -0.2) is 17.8 Å². The first kappa shape index (κ1) is 19.5. The molecular formula is C26H31N3. The number of hydrogen-bond acceptors (Lipinski definition) is 3. The van der Waals surface area contributed by atoms with Gasteiger partial charge in [0.05, 0.1) is 5.70 Å². The number of rotatable bonds is 4. The van der Waals surface area contributed by atoms with Gasteiger partial charge in [0, 0.05) is 35.5 Å². The molecule has 0 unspecified atom stereocenters. The van der Waals surface area contributed by atoms with Crippen LogP contribution in [0.2, 0.25) is 0 Å². The van der Waals surface area contributed by atoms with Crippen molar-refractivity contribution in [1.29, 1.82) is 0 Å². The molecule has 3 heteroatoms. The van der Waals surface area contributed by atoms with Crippen LogP contribution in [0.15, 0.2) is 94.1 Å². The lowest BCUT2D eigenvalue weighted by Crippen LogP contribution is -2.43. The second-order valence-corrected chi connectivity index (χ2v) is 8.29. The van der Waals surface area contributed by atoms with E-state index in [4.69, 9.17) is 4.99 Å². The molecule has 0 spiro atoms. The number of anilines is 1. The van der Waals surface area contributed by atoms with Crippen LogP contribution in [0.1, 0.15) is 46.5 Å². The second kappa shape index (κ2) is 7.55. The fourth-order valence-corrected chi connectivity index (χ4v) is 4.18. The van der Waals surface area contributed by atoms with Crippen LogP contribution in [0.25, 0.3) is 0 Å². The Morgan fingerprint density at radius 1 is 1.21 bits per heavy atom. The lowest BCUT2D eigenvalue weighted by atomic mass is 9.82. The number of aliphatic imine (C=N–C) groups is 1. The highest BCUT2D eigenvalue weighted by Crippen LogP contribution is 2.45. The summed E-state index contributed by atoms with van der Waals surface area (Å²) < 4.78 is 0. The van der Waals surface area contributed by atoms with Crippen molar-refractivity contribution < 1.29 is 0 Å². The van der Waals surface area contributed by atoms with E-state index >= 15 is 0 Å². The average Bonchev–Trinajstić information content (AvgIpc) is 2.68. The molecule has 4 rings (SSSR count). The summed E-state index contributed by atoms with van der Waals surface area (Å²) in [5, 5.41) is 0. The maximum Gasteiger partial charge on any atom is 0.144 e. The minimum absolute atomic E-state index is 0.496. The van der Waals surface area contributed by atoms with Crippen LogP contribution in [-0.2, 0) is 0 Å². The quantitative estimate of drug-likeness (QED) is 0.584. The summed E-state index contributed by atoms with van der Waals surface area (Å²) >= 11 is 0. The Hall–Kier alpha value is -2.81. The summed E-state index contributed by atoms with van der Waals surface area (Å²) in [5.41, 5.74) is 7.90. The first-order chi connectivity index (χ1) is 13.9. The van der Waals surface area contributed by atoms with Gasteiger partial charge in [-0.25, -0.2) is 4.99 Å². The summed E-state index contributed by atoms with van der Waals surface area (Å²) in [4.78, 5) is 9.69. The molecule has 0 aromatic heterocycles. The normalized spacial score (nSPS) is 20.8. The Labute approximate surface area is 175 Å². The second-order valence-electron chi connectivity index (χ2n) is 8.29. The van der Waals surface area contributed by atoms with Gasteiger partial charge in [-0.3, -0.25) is 4.90 Å². The molecule has 0 radical (unpaired) electrons. The van der Waals surface area contributed by atoms with Gasteiger partial charge in [0.15, 0.2) is 0 Å². The molecule has 3 nitrogen and oxygen atoms in total. The van der Waals surface area contributed by atoms with Gasteiger partial charge in [-0.1, -0.05) is 56.4 Å². The zero-order valence-electron chi connectivity index (χ0n) is 18.1. The topological polar surface area (TPSA) is 18.8 Å². The molecule has 0 N–H and O–H groups in total. The summed E-state index contributed by atoms with van der Waals surface area (Å²) in [6.45, 7) is 15.6. The van der Waals surface area contributed by atoms with Crippen molar-refractivity contribution in [2.24, 2.45) is 10.9 Å². The van der Waals surface area contributed by atoms with Crippen LogP contribution in [0.5, 0.6) is 0 Å². The smallest absolute Gasteiger partial charge is 0.144 e. The van der Waals surface area contributed by atoms with Crippen molar-refractivity contribution in [2.45, 2.75) is 46.5 Å². The van der Waals surface area contributed by atoms with E-state index in [1.54, 1.807) is 0 Å². The molecule has 1 aromatic rings. The molecule has 1 aromatic carbocycles. The number of hydrogen-bond donors (Lipinski definition) is 0. The van der Waals surface area contributed by atoms with Gasteiger partial charge in [-0.05, 0) is 50.8 Å². The number of allylic oxidation sites excluding steroid dienone is 5. The fourth-order valence-electron chi connectivity index (χ4n) is 4.18. The molecule has 1 saturated carbocycles. The molecule has 0 amide bonds. The molecule has 2 heterocycles. The molecule has 1 fully saturated rings. The lowest BCUT2D eigenvalue weighted by molar-refractivity contribution is 0.405. The van der Waals surface area contributed by atoms with E-state index in [1.807, 2.05) is 0 Å². The zero-order valence-corrected chi connectivity index (χ0v) is 18.1. The number of benzene rings is 1. The van der Waals surface area contributed by atoms with Crippen molar-refractivity contribution in [3.8, 4) is 0 Å². The van der Waals surface area contributed by atoms with E-state index in [0.29, 0.717) is 5.92 Å². The third-order valence-corrected chi connectivity index (χ3v) is 6.50. The first-order valence-corrected chi connectivity index (χ1v) is 10.6. The predicted molar refractivity (Wildman–Crippen MR) is 124 cm³/mol. The highest BCUT2D eigenvalue weighted by molar-refractivity contribution is 6.05. The SMILES string of the molecule is C=C1C(/C=C(\C)CC)=C(C)N(C)C2=C1C(=C)N(c1ccccc1)C(C1CCC1)=N2. The molecule has 1 aliphatic carbocycles. The van der Waals surface area contributed by atoms with E-state index in [-0.39, 0.29) is 0 Å². The highest BCUT2D eigenvalue weighted by Gasteiger charge is 2.38. The molecule has 0 bridgehead atoms. The van der Waals surface area contributed by atoms with E-state index in [1.165, 1.54) is 36.1 Å². The average molecular weight is 386 g/mol. The van der Waals surface area contributed by atoms with Gasteiger partial charge >= 0.3 is 0 Å². The van der Waals surface area contributed by atoms with Crippen LogP contribution in [0.4, 0.5) is 5.69 Å². The molecule has 150 valence electrons. The summed E-state index contributed by atoms with van der Waals surface area (Å²) in [6, 6.07) is 10.5. The first-order valence-electron chi connectivity index (χ1n) is 10.6. The Morgan fingerprint density at radius 3 is 2.48 bits per heavy atom. The van der Waals surface area contributed by atoms with Gasteiger partial charge in [-0.15, -0.1) is 0 Å². The standard InChI is InChI=1S/C26H31N3/c1-7-17(2)16-23-18(3)24-20(5)29(22-14-9-8-10-15-22)25(21-12-11-13-21)27-26(24)28(6)19(23)4/h8-10,14-16,21H,3,5,7,11-13H2,1-2,4,6H3/b17-16+. The molecule has 3 aliphatic rings. The van der Waals surface area contributed by atoms with E-state index in [9.17, 15) is 0 Å². The maximum absolute atomic E-state index is 5.22. The van der Waals surface area contributed by atoms with Crippen molar-refractivity contribution >= 4 is 11.5 Å². The van der Waals surface area contributed by atoms with Crippen LogP contribution in [0, 0.1) is 5.92 Å². The lowest BCUT2D eigenvalue weighted by Gasteiger charge is -2.43.